The number of thiophene rings is 1. The molecule has 1 amide bonds. The Morgan fingerprint density at radius 2 is 1.69 bits per heavy atom. The van der Waals surface area contributed by atoms with Gasteiger partial charge in [-0.3, -0.25) is 4.79 Å². The van der Waals surface area contributed by atoms with Crippen molar-refractivity contribution in [3.05, 3.63) is 107 Å². The van der Waals surface area contributed by atoms with Crippen LogP contribution in [-0.2, 0) is 17.8 Å². The van der Waals surface area contributed by atoms with Gasteiger partial charge in [0, 0.05) is 19.0 Å². The van der Waals surface area contributed by atoms with Crippen LogP contribution in [0.3, 0.4) is 0 Å². The second-order valence-corrected chi connectivity index (χ2v) is 9.11. The molecule has 0 saturated heterocycles. The van der Waals surface area contributed by atoms with E-state index in [1.165, 1.54) is 11.1 Å². The third-order valence-electron chi connectivity index (χ3n) is 5.78. The molecule has 0 aliphatic heterocycles. The van der Waals surface area contributed by atoms with Gasteiger partial charge < -0.3 is 11.1 Å². The molecule has 0 aliphatic rings. The number of hydrogen-bond donors (Lipinski definition) is 2. The summed E-state index contributed by atoms with van der Waals surface area (Å²) in [7, 11) is 0. The minimum absolute atomic E-state index is 0.106. The third-order valence-corrected chi connectivity index (χ3v) is 6.47. The van der Waals surface area contributed by atoms with E-state index in [-0.39, 0.29) is 5.91 Å². The fourth-order valence-corrected chi connectivity index (χ4v) is 4.54. The van der Waals surface area contributed by atoms with Gasteiger partial charge in [0.05, 0.1) is 23.6 Å². The summed E-state index contributed by atoms with van der Waals surface area (Å²) in [6.07, 6.45) is 2.69. The molecule has 5 aromatic rings. The minimum atomic E-state index is -0.106. The van der Waals surface area contributed by atoms with Gasteiger partial charge in [0.2, 0.25) is 5.91 Å². The van der Waals surface area contributed by atoms with Crippen LogP contribution in [0.4, 0.5) is 11.4 Å². The van der Waals surface area contributed by atoms with E-state index in [0.29, 0.717) is 30.8 Å². The van der Waals surface area contributed by atoms with E-state index in [2.05, 4.69) is 57.4 Å². The van der Waals surface area contributed by atoms with Crippen LogP contribution in [0.2, 0.25) is 0 Å². The van der Waals surface area contributed by atoms with Gasteiger partial charge in [-0.05, 0) is 56.8 Å². The lowest BCUT2D eigenvalue weighted by atomic mass is 10.0. The zero-order chi connectivity index (χ0) is 24.0. The van der Waals surface area contributed by atoms with Crippen molar-refractivity contribution in [2.75, 3.05) is 11.1 Å². The topological polar surface area (TPSA) is 85.8 Å². The standard InChI is InChI=1S/C28H25N5OS/c29-26-12-10-23(24-14-15-35-19-24)16-27(26)30-28(34)13-11-25-18-33(32-31-25)17-20-6-8-22(9-7-20)21-4-2-1-3-5-21/h1-10,12,14-16,18-19H,11,13,17,29H2,(H,30,34). The fraction of sp³-hybridized carbons (Fsp3) is 0.107. The molecule has 7 heteroatoms. The Morgan fingerprint density at radius 3 is 2.46 bits per heavy atom. The molecule has 0 fully saturated rings. The van der Waals surface area contributed by atoms with E-state index in [1.54, 1.807) is 16.0 Å². The highest BCUT2D eigenvalue weighted by atomic mass is 32.1. The average molecular weight is 480 g/mol. The number of aromatic nitrogens is 3. The van der Waals surface area contributed by atoms with Crippen LogP contribution in [0.25, 0.3) is 22.3 Å². The number of carbonyl (C=O) groups excluding carboxylic acids is 1. The second kappa shape index (κ2) is 10.4. The second-order valence-electron chi connectivity index (χ2n) is 8.33. The van der Waals surface area contributed by atoms with Crippen molar-refractivity contribution in [2.45, 2.75) is 19.4 Å². The molecule has 3 N–H and O–H groups in total. The molecule has 2 aromatic heterocycles. The molecule has 0 atom stereocenters. The monoisotopic (exact) mass is 479 g/mol. The first-order chi connectivity index (χ1) is 17.1. The Kier molecular flexibility index (Phi) is 6.68. The number of carbonyl (C=O) groups is 1. The summed E-state index contributed by atoms with van der Waals surface area (Å²) in [4.78, 5) is 12.6. The van der Waals surface area contributed by atoms with Gasteiger partial charge in [0.1, 0.15) is 0 Å². The van der Waals surface area contributed by atoms with Crippen molar-refractivity contribution in [1.29, 1.82) is 0 Å². The Labute approximate surface area is 208 Å². The molecule has 2 heterocycles. The van der Waals surface area contributed by atoms with Crippen LogP contribution in [0.5, 0.6) is 0 Å². The van der Waals surface area contributed by atoms with E-state index in [9.17, 15) is 4.79 Å². The summed E-state index contributed by atoms with van der Waals surface area (Å²) in [5.41, 5.74) is 13.7. The van der Waals surface area contributed by atoms with Gasteiger partial charge in [-0.15, -0.1) is 5.10 Å². The normalized spacial score (nSPS) is 10.9. The number of nitrogens with zero attached hydrogens (tertiary/aromatic N) is 3. The van der Waals surface area contributed by atoms with Gasteiger partial charge >= 0.3 is 0 Å². The zero-order valence-electron chi connectivity index (χ0n) is 19.1. The number of nitrogen functional groups attached to an aromatic ring is 1. The molecule has 35 heavy (non-hydrogen) atoms. The summed E-state index contributed by atoms with van der Waals surface area (Å²) in [6.45, 7) is 0.625. The van der Waals surface area contributed by atoms with E-state index < -0.39 is 0 Å². The zero-order valence-corrected chi connectivity index (χ0v) is 19.9. The van der Waals surface area contributed by atoms with Crippen molar-refractivity contribution in [2.24, 2.45) is 0 Å². The highest BCUT2D eigenvalue weighted by molar-refractivity contribution is 7.08. The number of aryl methyl sites for hydroxylation is 1. The number of nitrogens with two attached hydrogens (primary N) is 1. The Morgan fingerprint density at radius 1 is 0.914 bits per heavy atom. The van der Waals surface area contributed by atoms with E-state index in [4.69, 9.17) is 5.73 Å². The molecule has 6 nitrogen and oxygen atoms in total. The first-order valence-corrected chi connectivity index (χ1v) is 12.3. The number of benzene rings is 3. The number of rotatable bonds is 8. The average Bonchev–Trinajstić information content (AvgIpc) is 3.58. The summed E-state index contributed by atoms with van der Waals surface area (Å²) in [5.74, 6) is -0.106. The van der Waals surface area contributed by atoms with E-state index in [1.807, 2.05) is 54.0 Å². The maximum Gasteiger partial charge on any atom is 0.224 e. The Balaban J connectivity index is 1.16. The Bertz CT molecular complexity index is 1410. The van der Waals surface area contributed by atoms with Crippen LogP contribution in [-0.4, -0.2) is 20.9 Å². The Hall–Kier alpha value is -4.23. The van der Waals surface area contributed by atoms with Crippen LogP contribution in [0.1, 0.15) is 17.7 Å². The van der Waals surface area contributed by atoms with Gasteiger partial charge in [-0.1, -0.05) is 65.9 Å². The lowest BCUT2D eigenvalue weighted by molar-refractivity contribution is -0.116. The van der Waals surface area contributed by atoms with E-state index >= 15 is 0 Å². The van der Waals surface area contributed by atoms with Gasteiger partial charge in [0.25, 0.3) is 0 Å². The predicted molar refractivity (Wildman–Crippen MR) is 142 cm³/mol. The molecule has 0 unspecified atom stereocenters. The van der Waals surface area contributed by atoms with Crippen molar-refractivity contribution < 1.29 is 4.79 Å². The predicted octanol–water partition coefficient (Wildman–Crippen LogP) is 5.88. The number of anilines is 2. The first-order valence-electron chi connectivity index (χ1n) is 11.4. The summed E-state index contributed by atoms with van der Waals surface area (Å²) >= 11 is 1.63. The van der Waals surface area contributed by atoms with Gasteiger partial charge in [-0.25, -0.2) is 4.68 Å². The molecule has 0 saturated carbocycles. The van der Waals surface area contributed by atoms with Crippen LogP contribution >= 0.6 is 11.3 Å². The number of hydrogen-bond acceptors (Lipinski definition) is 5. The smallest absolute Gasteiger partial charge is 0.224 e. The molecular formula is C28H25N5OS. The van der Waals surface area contributed by atoms with Crippen LogP contribution in [0, 0.1) is 0 Å². The maximum absolute atomic E-state index is 12.6. The van der Waals surface area contributed by atoms with Crippen molar-refractivity contribution in [1.82, 2.24) is 15.0 Å². The molecule has 3 aromatic carbocycles. The summed E-state index contributed by atoms with van der Waals surface area (Å²) in [6, 6.07) is 26.5. The van der Waals surface area contributed by atoms with Crippen molar-refractivity contribution >= 4 is 28.6 Å². The SMILES string of the molecule is Nc1ccc(-c2ccsc2)cc1NC(=O)CCc1cn(Cc2ccc(-c3ccccc3)cc2)nn1. The van der Waals surface area contributed by atoms with Crippen molar-refractivity contribution in [3.8, 4) is 22.3 Å². The molecule has 0 spiro atoms. The minimum Gasteiger partial charge on any atom is -0.397 e. The van der Waals surface area contributed by atoms with E-state index in [0.717, 1.165) is 22.4 Å². The summed E-state index contributed by atoms with van der Waals surface area (Å²) < 4.78 is 1.80. The summed E-state index contributed by atoms with van der Waals surface area (Å²) in [5, 5.41) is 15.5. The quantitative estimate of drug-likeness (QED) is 0.272. The fourth-order valence-electron chi connectivity index (χ4n) is 3.88. The lowest BCUT2D eigenvalue weighted by Gasteiger charge is -2.10. The lowest BCUT2D eigenvalue weighted by Crippen LogP contribution is -2.13. The highest BCUT2D eigenvalue weighted by Gasteiger charge is 2.10. The van der Waals surface area contributed by atoms with Gasteiger partial charge in [-0.2, -0.15) is 11.3 Å². The molecule has 5 rings (SSSR count). The maximum atomic E-state index is 12.6. The van der Waals surface area contributed by atoms with Crippen LogP contribution in [0.15, 0.2) is 95.8 Å². The molecule has 0 aliphatic carbocycles. The van der Waals surface area contributed by atoms with Crippen LogP contribution < -0.4 is 11.1 Å². The molecular weight excluding hydrogens is 454 g/mol. The third kappa shape index (κ3) is 5.65. The molecule has 0 radical (unpaired) electrons. The van der Waals surface area contributed by atoms with Gasteiger partial charge in [0.15, 0.2) is 0 Å². The number of nitrogens with one attached hydrogen (secondary N) is 1. The first kappa shape index (κ1) is 22.6. The van der Waals surface area contributed by atoms with Crippen molar-refractivity contribution in [3.63, 3.8) is 0 Å². The largest absolute Gasteiger partial charge is 0.397 e. The molecule has 174 valence electrons. The highest BCUT2D eigenvalue weighted by Crippen LogP contribution is 2.28. The number of amides is 1. The molecule has 0 bridgehead atoms.